The van der Waals surface area contributed by atoms with Crippen LogP contribution in [0.5, 0.6) is 0 Å². The quantitative estimate of drug-likeness (QED) is 0.660. The van der Waals surface area contributed by atoms with Gasteiger partial charge in [-0.15, -0.1) is 0 Å². The minimum Gasteiger partial charge on any atom is -0.461 e. The van der Waals surface area contributed by atoms with Gasteiger partial charge in [0.05, 0.1) is 0 Å². The third-order valence-corrected chi connectivity index (χ3v) is 1.56. The predicted molar refractivity (Wildman–Crippen MR) is 50.5 cm³/mol. The summed E-state index contributed by atoms with van der Waals surface area (Å²) in [5, 5.41) is 0. The van der Waals surface area contributed by atoms with Gasteiger partial charge in [-0.1, -0.05) is 24.4 Å². The van der Waals surface area contributed by atoms with Gasteiger partial charge in [0.15, 0.2) is 5.76 Å². The van der Waals surface area contributed by atoms with Crippen LogP contribution in [0, 0.1) is 0 Å². The van der Waals surface area contributed by atoms with Gasteiger partial charge < -0.3 is 15.9 Å². The van der Waals surface area contributed by atoms with Gasteiger partial charge in [0.25, 0.3) is 0 Å². The summed E-state index contributed by atoms with van der Waals surface area (Å²) in [6.45, 7) is 0. The van der Waals surface area contributed by atoms with E-state index >= 15 is 0 Å². The Bertz CT molecular complexity index is 277. The fraction of sp³-hybridized carbons (Fsp3) is 0. The zero-order valence-electron chi connectivity index (χ0n) is 5.53. The molecule has 58 valence electrons. The second-order valence-corrected chi connectivity index (χ2v) is 2.81. The normalized spacial score (nSPS) is 9.45. The van der Waals surface area contributed by atoms with Gasteiger partial charge in [-0.05, 0) is 6.07 Å². The molecule has 0 unspecified atom stereocenters. The Kier molecular flexibility index (Phi) is 2.21. The minimum atomic E-state index is 0.201. The van der Waals surface area contributed by atoms with E-state index in [4.69, 9.17) is 28.1 Å². The molecule has 0 amide bonds. The standard InChI is InChI=1S/C6H6N2OS2/c7-5(10)3-1-4(6(8)11)9-2-3/h1-2H,(H2,7,10)(H2,8,11). The van der Waals surface area contributed by atoms with Crippen molar-refractivity contribution in [3.8, 4) is 0 Å². The fourth-order valence-corrected chi connectivity index (χ4v) is 0.809. The molecule has 0 saturated carbocycles. The zero-order chi connectivity index (χ0) is 8.43. The molecule has 3 nitrogen and oxygen atoms in total. The summed E-state index contributed by atoms with van der Waals surface area (Å²) >= 11 is 9.36. The van der Waals surface area contributed by atoms with Crippen LogP contribution in [0.2, 0.25) is 0 Å². The Morgan fingerprint density at radius 3 is 2.18 bits per heavy atom. The molecular weight excluding hydrogens is 180 g/mol. The molecule has 11 heavy (non-hydrogen) atoms. The Hall–Kier alpha value is -0.940. The molecule has 0 bridgehead atoms. The van der Waals surface area contributed by atoms with Crippen LogP contribution < -0.4 is 11.5 Å². The Morgan fingerprint density at radius 1 is 1.27 bits per heavy atom. The third kappa shape index (κ3) is 1.75. The van der Waals surface area contributed by atoms with Crippen LogP contribution >= 0.6 is 24.4 Å². The van der Waals surface area contributed by atoms with Crippen molar-refractivity contribution < 1.29 is 4.42 Å². The Labute approximate surface area is 74.4 Å². The molecule has 1 heterocycles. The van der Waals surface area contributed by atoms with E-state index in [-0.39, 0.29) is 9.98 Å². The summed E-state index contributed by atoms with van der Waals surface area (Å²) in [5.74, 6) is 0.433. The molecule has 0 saturated heterocycles. The number of hydrogen-bond donors (Lipinski definition) is 2. The first kappa shape index (κ1) is 8.16. The molecule has 1 aromatic heterocycles. The molecule has 0 fully saturated rings. The van der Waals surface area contributed by atoms with E-state index in [0.717, 1.165) is 0 Å². The minimum absolute atomic E-state index is 0.201. The lowest BCUT2D eigenvalue weighted by molar-refractivity contribution is 0.558. The monoisotopic (exact) mass is 186 g/mol. The number of rotatable bonds is 2. The van der Waals surface area contributed by atoms with Gasteiger partial charge in [-0.2, -0.15) is 0 Å². The lowest BCUT2D eigenvalue weighted by Gasteiger charge is -1.86. The fourth-order valence-electron chi connectivity index (χ4n) is 0.595. The second kappa shape index (κ2) is 2.98. The van der Waals surface area contributed by atoms with Crippen LogP contribution in [0.4, 0.5) is 0 Å². The van der Waals surface area contributed by atoms with Crippen LogP contribution in [-0.4, -0.2) is 9.98 Å². The predicted octanol–water partition coefficient (Wildman–Crippen LogP) is 0.548. The molecular formula is C6H6N2OS2. The van der Waals surface area contributed by atoms with Crippen LogP contribution in [-0.2, 0) is 0 Å². The van der Waals surface area contributed by atoms with Gasteiger partial charge in [0.2, 0.25) is 0 Å². The molecule has 4 N–H and O–H groups in total. The highest BCUT2D eigenvalue weighted by atomic mass is 32.1. The number of furan rings is 1. The van der Waals surface area contributed by atoms with Crippen molar-refractivity contribution in [2.75, 3.05) is 0 Å². The first-order valence-corrected chi connectivity index (χ1v) is 3.61. The first-order valence-electron chi connectivity index (χ1n) is 2.79. The van der Waals surface area contributed by atoms with Crippen molar-refractivity contribution in [3.05, 3.63) is 23.7 Å². The lowest BCUT2D eigenvalue weighted by atomic mass is 10.3. The summed E-state index contributed by atoms with van der Waals surface area (Å²) in [6.07, 6.45) is 1.43. The number of thiocarbonyl (C=S) groups is 2. The highest BCUT2D eigenvalue weighted by molar-refractivity contribution is 7.81. The lowest BCUT2D eigenvalue weighted by Crippen LogP contribution is -2.09. The molecule has 0 atom stereocenters. The highest BCUT2D eigenvalue weighted by Gasteiger charge is 2.04. The highest BCUT2D eigenvalue weighted by Crippen LogP contribution is 2.06. The molecule has 0 aliphatic heterocycles. The number of hydrogen-bond acceptors (Lipinski definition) is 3. The van der Waals surface area contributed by atoms with E-state index in [2.05, 4.69) is 12.2 Å². The van der Waals surface area contributed by atoms with Crippen molar-refractivity contribution in [3.63, 3.8) is 0 Å². The van der Waals surface area contributed by atoms with E-state index in [1.54, 1.807) is 6.07 Å². The molecule has 0 aliphatic carbocycles. The summed E-state index contributed by atoms with van der Waals surface area (Å²) in [7, 11) is 0. The molecule has 0 aromatic carbocycles. The van der Waals surface area contributed by atoms with Crippen LogP contribution in [0.3, 0.4) is 0 Å². The average molecular weight is 186 g/mol. The van der Waals surface area contributed by atoms with Crippen molar-refractivity contribution in [1.82, 2.24) is 0 Å². The van der Waals surface area contributed by atoms with Gasteiger partial charge in [0.1, 0.15) is 16.2 Å². The third-order valence-electron chi connectivity index (χ3n) is 1.13. The van der Waals surface area contributed by atoms with Crippen LogP contribution in [0.15, 0.2) is 16.7 Å². The van der Waals surface area contributed by atoms with Crippen LogP contribution in [0.25, 0.3) is 0 Å². The second-order valence-electron chi connectivity index (χ2n) is 1.93. The van der Waals surface area contributed by atoms with E-state index in [0.29, 0.717) is 11.3 Å². The van der Waals surface area contributed by atoms with Gasteiger partial charge in [-0.25, -0.2) is 0 Å². The summed E-state index contributed by atoms with van der Waals surface area (Å²) < 4.78 is 4.95. The average Bonchev–Trinajstić information content (AvgIpc) is 2.33. The summed E-state index contributed by atoms with van der Waals surface area (Å²) in [5.41, 5.74) is 11.2. The van der Waals surface area contributed by atoms with E-state index in [1.165, 1.54) is 6.26 Å². The van der Waals surface area contributed by atoms with Crippen molar-refractivity contribution in [2.45, 2.75) is 0 Å². The topological polar surface area (TPSA) is 65.2 Å². The zero-order valence-corrected chi connectivity index (χ0v) is 7.17. The summed E-state index contributed by atoms with van der Waals surface area (Å²) in [4.78, 5) is 0.476. The smallest absolute Gasteiger partial charge is 0.161 e. The SMILES string of the molecule is NC(=S)c1coc(C(N)=S)c1. The van der Waals surface area contributed by atoms with Crippen molar-refractivity contribution in [2.24, 2.45) is 11.5 Å². The molecule has 0 aliphatic rings. The van der Waals surface area contributed by atoms with E-state index < -0.39 is 0 Å². The molecule has 5 heteroatoms. The van der Waals surface area contributed by atoms with Gasteiger partial charge in [-0.3, -0.25) is 0 Å². The molecule has 1 rings (SSSR count). The largest absolute Gasteiger partial charge is 0.461 e. The first-order chi connectivity index (χ1) is 5.11. The van der Waals surface area contributed by atoms with Crippen LogP contribution in [0.1, 0.15) is 11.3 Å². The Balaban J connectivity index is 2.99. The number of nitrogens with two attached hydrogens (primary N) is 2. The Morgan fingerprint density at radius 2 is 1.91 bits per heavy atom. The maximum absolute atomic E-state index is 5.31. The van der Waals surface area contributed by atoms with Gasteiger partial charge in [0, 0.05) is 5.56 Å². The maximum atomic E-state index is 5.31. The summed E-state index contributed by atoms with van der Waals surface area (Å²) in [6, 6.07) is 1.62. The molecule has 0 spiro atoms. The molecule has 0 radical (unpaired) electrons. The van der Waals surface area contributed by atoms with Gasteiger partial charge >= 0.3 is 0 Å². The van der Waals surface area contributed by atoms with E-state index in [1.807, 2.05) is 0 Å². The maximum Gasteiger partial charge on any atom is 0.161 e. The van der Waals surface area contributed by atoms with Crippen molar-refractivity contribution in [1.29, 1.82) is 0 Å². The van der Waals surface area contributed by atoms with E-state index in [9.17, 15) is 0 Å². The van der Waals surface area contributed by atoms with Crippen molar-refractivity contribution >= 4 is 34.4 Å². The molecule has 1 aromatic rings.